The summed E-state index contributed by atoms with van der Waals surface area (Å²) in [6, 6.07) is 15.5. The van der Waals surface area contributed by atoms with Crippen molar-refractivity contribution in [1.82, 2.24) is 9.88 Å². The monoisotopic (exact) mass is 557 g/mol. The maximum Gasteiger partial charge on any atom is 0.407 e. The normalized spacial score (nSPS) is 11.1. The van der Waals surface area contributed by atoms with Crippen LogP contribution >= 0.6 is 0 Å². The van der Waals surface area contributed by atoms with Gasteiger partial charge in [-0.05, 0) is 69.2 Å². The number of benzene rings is 2. The highest BCUT2D eigenvalue weighted by atomic mass is 16.5. The van der Waals surface area contributed by atoms with Crippen molar-refractivity contribution < 1.29 is 24.2 Å². The standard InChI is InChI=1S/C30H31N5O6/c1-18(2)21-8-7-9-22(16-21)30(4,5)32-29(39)41-15-14-35-26(36)24(17-31)19(3)25(27(35)37)34-33-23-12-10-20(11-13-23)28(38)40-6/h7-13,16,36H,1,14-15H2,2-6H3,(H,32,39). The lowest BCUT2D eigenvalue weighted by Gasteiger charge is -2.27. The van der Waals surface area contributed by atoms with Crippen LogP contribution in [0, 0.1) is 18.3 Å². The first-order chi connectivity index (χ1) is 19.4. The summed E-state index contributed by atoms with van der Waals surface area (Å²) in [4.78, 5) is 37.4. The van der Waals surface area contributed by atoms with Crippen LogP contribution in [0.1, 0.15) is 53.4 Å². The Bertz CT molecular complexity index is 1610. The number of pyridine rings is 1. The second kappa shape index (κ2) is 12.7. The Morgan fingerprint density at radius 1 is 1.15 bits per heavy atom. The molecule has 0 spiro atoms. The van der Waals surface area contributed by atoms with Crippen molar-refractivity contribution in [2.75, 3.05) is 13.7 Å². The number of azo groups is 1. The van der Waals surface area contributed by atoms with Crippen LogP contribution in [-0.4, -0.2) is 35.5 Å². The maximum atomic E-state index is 13.2. The quantitative estimate of drug-likeness (QED) is 0.255. The highest BCUT2D eigenvalue weighted by Gasteiger charge is 2.24. The van der Waals surface area contributed by atoms with Gasteiger partial charge in [-0.3, -0.25) is 9.36 Å². The second-order valence-electron chi connectivity index (χ2n) is 9.73. The Morgan fingerprint density at radius 3 is 2.44 bits per heavy atom. The second-order valence-corrected chi connectivity index (χ2v) is 9.73. The summed E-state index contributed by atoms with van der Waals surface area (Å²) in [6.45, 7) is 10.4. The van der Waals surface area contributed by atoms with Gasteiger partial charge in [-0.15, -0.1) is 5.11 Å². The van der Waals surface area contributed by atoms with E-state index in [0.29, 0.717) is 11.3 Å². The Morgan fingerprint density at radius 2 is 1.83 bits per heavy atom. The van der Waals surface area contributed by atoms with Crippen molar-refractivity contribution in [3.63, 3.8) is 0 Å². The van der Waals surface area contributed by atoms with E-state index < -0.39 is 29.0 Å². The number of ether oxygens (including phenoxy) is 2. The lowest BCUT2D eigenvalue weighted by molar-refractivity contribution is 0.0600. The zero-order valence-electron chi connectivity index (χ0n) is 23.5. The topological polar surface area (TPSA) is 155 Å². The number of amides is 1. The molecule has 1 aromatic heterocycles. The van der Waals surface area contributed by atoms with Gasteiger partial charge < -0.3 is 19.9 Å². The molecule has 41 heavy (non-hydrogen) atoms. The number of nitrogens with zero attached hydrogens (tertiary/aromatic N) is 4. The molecule has 2 N–H and O–H groups in total. The zero-order valence-corrected chi connectivity index (χ0v) is 23.5. The number of rotatable bonds is 9. The Hall–Kier alpha value is -5.24. The first kappa shape index (κ1) is 30.3. The highest BCUT2D eigenvalue weighted by Crippen LogP contribution is 2.27. The molecular weight excluding hydrogens is 526 g/mol. The molecule has 0 fully saturated rings. The number of methoxy groups -OCH3 is 1. The van der Waals surface area contributed by atoms with E-state index in [-0.39, 0.29) is 30.0 Å². The number of carbonyl (C=O) groups is 2. The summed E-state index contributed by atoms with van der Waals surface area (Å²) in [5, 5.41) is 31.0. The van der Waals surface area contributed by atoms with Crippen molar-refractivity contribution in [1.29, 1.82) is 5.26 Å². The molecule has 0 aliphatic rings. The van der Waals surface area contributed by atoms with Crippen LogP contribution in [0.25, 0.3) is 5.57 Å². The maximum absolute atomic E-state index is 13.2. The minimum atomic E-state index is -0.776. The van der Waals surface area contributed by atoms with E-state index in [1.165, 1.54) is 38.3 Å². The van der Waals surface area contributed by atoms with Gasteiger partial charge in [0.15, 0.2) is 5.69 Å². The SMILES string of the molecule is C=C(C)c1cccc(C(C)(C)NC(=O)OCCn2c(O)c(C#N)c(C)c(N=Nc3ccc(C(=O)OC)cc3)c2=O)c1. The third-order valence-corrected chi connectivity index (χ3v) is 6.36. The fourth-order valence-corrected chi connectivity index (χ4v) is 3.92. The van der Waals surface area contributed by atoms with E-state index >= 15 is 0 Å². The number of hydrogen-bond donors (Lipinski definition) is 2. The van der Waals surface area contributed by atoms with Gasteiger partial charge in [0.25, 0.3) is 5.56 Å². The molecule has 0 unspecified atom stereocenters. The lowest BCUT2D eigenvalue weighted by atomic mass is 9.92. The third-order valence-electron chi connectivity index (χ3n) is 6.36. The molecule has 0 radical (unpaired) electrons. The molecule has 212 valence electrons. The van der Waals surface area contributed by atoms with Crippen LogP contribution in [0.3, 0.4) is 0 Å². The zero-order chi connectivity index (χ0) is 30.3. The molecule has 2 aromatic carbocycles. The van der Waals surface area contributed by atoms with E-state index in [2.05, 4.69) is 26.9 Å². The fraction of sp³-hybridized carbons (Fsp3) is 0.267. The van der Waals surface area contributed by atoms with Crippen LogP contribution in [0.2, 0.25) is 0 Å². The Kier molecular flexibility index (Phi) is 9.42. The lowest BCUT2D eigenvalue weighted by Crippen LogP contribution is -2.41. The average molecular weight is 558 g/mol. The van der Waals surface area contributed by atoms with Crippen LogP contribution in [0.4, 0.5) is 16.2 Å². The molecule has 3 aromatic rings. The number of nitrogens with one attached hydrogen (secondary N) is 1. The molecule has 11 nitrogen and oxygen atoms in total. The van der Waals surface area contributed by atoms with Gasteiger partial charge in [-0.2, -0.15) is 10.4 Å². The molecule has 3 rings (SSSR count). The van der Waals surface area contributed by atoms with Crippen LogP contribution < -0.4 is 10.9 Å². The summed E-state index contributed by atoms with van der Waals surface area (Å²) in [7, 11) is 1.27. The van der Waals surface area contributed by atoms with E-state index in [1.54, 1.807) is 0 Å². The van der Waals surface area contributed by atoms with Gasteiger partial charge in [-0.25, -0.2) is 9.59 Å². The van der Waals surface area contributed by atoms with Gasteiger partial charge in [0.2, 0.25) is 5.88 Å². The smallest absolute Gasteiger partial charge is 0.407 e. The molecule has 0 saturated carbocycles. The van der Waals surface area contributed by atoms with Gasteiger partial charge in [0, 0.05) is 5.56 Å². The number of carbonyl (C=O) groups excluding carboxylic acids is 2. The molecule has 11 heteroatoms. The van der Waals surface area contributed by atoms with Crippen molar-refractivity contribution >= 4 is 29.0 Å². The van der Waals surface area contributed by atoms with E-state index in [4.69, 9.17) is 4.74 Å². The summed E-state index contributed by atoms with van der Waals surface area (Å²) >= 11 is 0. The van der Waals surface area contributed by atoms with Crippen molar-refractivity contribution in [2.45, 2.75) is 39.8 Å². The number of hydrogen-bond acceptors (Lipinski definition) is 9. The third kappa shape index (κ3) is 7.05. The van der Waals surface area contributed by atoms with Gasteiger partial charge in [0.05, 0.1) is 30.4 Å². The summed E-state index contributed by atoms with van der Waals surface area (Å²) < 4.78 is 10.8. The summed E-state index contributed by atoms with van der Waals surface area (Å²) in [5.74, 6) is -1.09. The number of allylic oxidation sites excluding steroid dienone is 1. The summed E-state index contributed by atoms with van der Waals surface area (Å²) in [6.07, 6.45) is -0.730. The highest BCUT2D eigenvalue weighted by molar-refractivity contribution is 5.89. The molecule has 1 heterocycles. The minimum Gasteiger partial charge on any atom is -0.493 e. The van der Waals surface area contributed by atoms with Crippen LogP contribution in [0.15, 0.2) is 70.1 Å². The van der Waals surface area contributed by atoms with Gasteiger partial charge in [-0.1, -0.05) is 30.4 Å². The molecule has 0 atom stereocenters. The molecular formula is C30H31N5O6. The van der Waals surface area contributed by atoms with Crippen LogP contribution in [-0.2, 0) is 21.6 Å². The van der Waals surface area contributed by atoms with Crippen molar-refractivity contribution in [2.24, 2.45) is 10.2 Å². The number of esters is 1. The minimum absolute atomic E-state index is 0.138. The van der Waals surface area contributed by atoms with Crippen LogP contribution in [0.5, 0.6) is 5.88 Å². The van der Waals surface area contributed by atoms with E-state index in [9.17, 15) is 24.8 Å². The Balaban J connectivity index is 1.77. The van der Waals surface area contributed by atoms with E-state index in [0.717, 1.165) is 21.3 Å². The molecule has 0 saturated heterocycles. The largest absolute Gasteiger partial charge is 0.493 e. The van der Waals surface area contributed by atoms with Crippen molar-refractivity contribution in [3.05, 3.63) is 93.3 Å². The molecule has 0 aliphatic heterocycles. The number of nitriles is 1. The predicted molar refractivity (Wildman–Crippen MR) is 152 cm³/mol. The average Bonchev–Trinajstić information content (AvgIpc) is 2.94. The number of aromatic nitrogens is 1. The van der Waals surface area contributed by atoms with Gasteiger partial charge in [0.1, 0.15) is 18.2 Å². The first-order valence-corrected chi connectivity index (χ1v) is 12.6. The molecule has 0 bridgehead atoms. The van der Waals surface area contributed by atoms with E-state index in [1.807, 2.05) is 51.1 Å². The number of alkyl carbamates (subject to hydrolysis) is 1. The number of aromatic hydroxyl groups is 1. The van der Waals surface area contributed by atoms with Crippen molar-refractivity contribution in [3.8, 4) is 11.9 Å². The van der Waals surface area contributed by atoms with Gasteiger partial charge >= 0.3 is 12.1 Å². The summed E-state index contributed by atoms with van der Waals surface area (Å²) in [5.41, 5.74) is 1.63. The fourth-order valence-electron chi connectivity index (χ4n) is 3.92. The molecule has 0 aliphatic carbocycles. The Labute approximate surface area is 237 Å². The molecule has 1 amide bonds. The first-order valence-electron chi connectivity index (χ1n) is 12.6. The predicted octanol–water partition coefficient (Wildman–Crippen LogP) is 5.63.